The SMILES string of the molecule is O=C(O)C1CCCC(Nc2ccc(Cl)cc2Cl)C1. The van der Waals surface area contributed by atoms with Crippen LogP contribution in [0.4, 0.5) is 5.69 Å². The molecule has 0 amide bonds. The number of carboxylic acid groups (broad SMARTS) is 1. The Kier molecular flexibility index (Phi) is 4.36. The maximum absolute atomic E-state index is 11.0. The van der Waals surface area contributed by atoms with Crippen molar-refractivity contribution in [2.24, 2.45) is 5.92 Å². The van der Waals surface area contributed by atoms with Crippen LogP contribution in [0.5, 0.6) is 0 Å². The Hall–Kier alpha value is -0.930. The number of carboxylic acids is 1. The first-order chi connectivity index (χ1) is 8.56. The minimum Gasteiger partial charge on any atom is -0.481 e. The summed E-state index contributed by atoms with van der Waals surface area (Å²) in [5.74, 6) is -0.953. The number of hydrogen-bond acceptors (Lipinski definition) is 2. The predicted octanol–water partition coefficient (Wildman–Crippen LogP) is 4.05. The first kappa shape index (κ1) is 13.5. The first-order valence-corrected chi connectivity index (χ1v) is 6.76. The lowest BCUT2D eigenvalue weighted by atomic mass is 9.85. The van der Waals surface area contributed by atoms with E-state index in [4.69, 9.17) is 28.3 Å². The van der Waals surface area contributed by atoms with Gasteiger partial charge in [0.15, 0.2) is 0 Å². The molecule has 98 valence electrons. The lowest BCUT2D eigenvalue weighted by Gasteiger charge is -2.28. The summed E-state index contributed by atoms with van der Waals surface area (Å²) in [6.45, 7) is 0. The molecular formula is C13H15Cl2NO2. The molecule has 0 aliphatic heterocycles. The van der Waals surface area contributed by atoms with E-state index in [1.807, 2.05) is 6.07 Å². The normalized spacial score (nSPS) is 23.7. The van der Waals surface area contributed by atoms with Crippen molar-refractivity contribution in [1.82, 2.24) is 0 Å². The van der Waals surface area contributed by atoms with Gasteiger partial charge in [0, 0.05) is 11.1 Å². The summed E-state index contributed by atoms with van der Waals surface area (Å²) in [4.78, 5) is 11.0. The Balaban J connectivity index is 2.02. The van der Waals surface area contributed by atoms with Gasteiger partial charge >= 0.3 is 5.97 Å². The monoisotopic (exact) mass is 287 g/mol. The van der Waals surface area contributed by atoms with Gasteiger partial charge in [-0.1, -0.05) is 29.6 Å². The smallest absolute Gasteiger partial charge is 0.306 e. The van der Waals surface area contributed by atoms with E-state index in [2.05, 4.69) is 5.32 Å². The lowest BCUT2D eigenvalue weighted by molar-refractivity contribution is -0.142. The Morgan fingerprint density at radius 1 is 1.33 bits per heavy atom. The van der Waals surface area contributed by atoms with Crippen molar-refractivity contribution in [3.63, 3.8) is 0 Å². The highest BCUT2D eigenvalue weighted by Gasteiger charge is 2.27. The topological polar surface area (TPSA) is 49.3 Å². The van der Waals surface area contributed by atoms with Crippen LogP contribution in [0.3, 0.4) is 0 Å². The molecule has 2 atom stereocenters. The van der Waals surface area contributed by atoms with Crippen molar-refractivity contribution in [1.29, 1.82) is 0 Å². The number of anilines is 1. The number of aliphatic carboxylic acids is 1. The van der Waals surface area contributed by atoms with Gasteiger partial charge in [-0.05, 0) is 37.5 Å². The summed E-state index contributed by atoms with van der Waals surface area (Å²) in [5, 5.41) is 13.5. The van der Waals surface area contributed by atoms with Crippen LogP contribution in [-0.4, -0.2) is 17.1 Å². The molecule has 1 aromatic rings. The van der Waals surface area contributed by atoms with Crippen LogP contribution in [0.15, 0.2) is 18.2 Å². The van der Waals surface area contributed by atoms with Crippen molar-refractivity contribution >= 4 is 34.9 Å². The molecule has 1 aromatic carbocycles. The average molecular weight is 288 g/mol. The van der Waals surface area contributed by atoms with Crippen molar-refractivity contribution in [3.05, 3.63) is 28.2 Å². The van der Waals surface area contributed by atoms with Crippen molar-refractivity contribution < 1.29 is 9.90 Å². The van der Waals surface area contributed by atoms with Crippen LogP contribution < -0.4 is 5.32 Å². The fourth-order valence-corrected chi connectivity index (χ4v) is 2.83. The summed E-state index contributed by atoms with van der Waals surface area (Å²) in [5.41, 5.74) is 0.817. The number of benzene rings is 1. The first-order valence-electron chi connectivity index (χ1n) is 6.00. The van der Waals surface area contributed by atoms with Gasteiger partial charge in [0.25, 0.3) is 0 Å². The quantitative estimate of drug-likeness (QED) is 0.882. The minimum absolute atomic E-state index is 0.165. The Morgan fingerprint density at radius 2 is 2.11 bits per heavy atom. The van der Waals surface area contributed by atoms with Crippen molar-refractivity contribution in [2.45, 2.75) is 31.7 Å². The molecule has 0 heterocycles. The zero-order chi connectivity index (χ0) is 13.1. The summed E-state index contributed by atoms with van der Waals surface area (Å²) in [6, 6.07) is 5.45. The zero-order valence-electron chi connectivity index (χ0n) is 9.83. The fourth-order valence-electron chi connectivity index (χ4n) is 2.37. The molecule has 1 aliphatic carbocycles. The van der Waals surface area contributed by atoms with Gasteiger partial charge < -0.3 is 10.4 Å². The Bertz CT molecular complexity index is 451. The van der Waals surface area contributed by atoms with E-state index in [0.29, 0.717) is 16.5 Å². The lowest BCUT2D eigenvalue weighted by Crippen LogP contribution is -2.31. The molecule has 2 rings (SSSR count). The maximum atomic E-state index is 11.0. The molecule has 0 bridgehead atoms. The molecule has 1 saturated carbocycles. The second-order valence-corrected chi connectivity index (χ2v) is 5.51. The van der Waals surface area contributed by atoms with Crippen LogP contribution in [-0.2, 0) is 4.79 Å². The van der Waals surface area contributed by atoms with Gasteiger partial charge in [-0.3, -0.25) is 4.79 Å². The second-order valence-electron chi connectivity index (χ2n) is 4.67. The highest BCUT2D eigenvalue weighted by Crippen LogP contribution is 2.30. The molecule has 1 aliphatic rings. The molecule has 5 heteroatoms. The number of carbonyl (C=O) groups is 1. The van der Waals surface area contributed by atoms with Crippen LogP contribution in [0, 0.1) is 5.92 Å². The molecule has 0 spiro atoms. The van der Waals surface area contributed by atoms with Crippen LogP contribution in [0.25, 0.3) is 0 Å². The fraction of sp³-hybridized carbons (Fsp3) is 0.462. The highest BCUT2D eigenvalue weighted by molar-refractivity contribution is 6.36. The van der Waals surface area contributed by atoms with Gasteiger partial charge in [0.2, 0.25) is 0 Å². The standard InChI is InChI=1S/C13H15Cl2NO2/c14-9-4-5-12(11(15)7-9)16-10-3-1-2-8(6-10)13(17)18/h4-5,7-8,10,16H,1-3,6H2,(H,17,18). The van der Waals surface area contributed by atoms with Gasteiger partial charge in [-0.15, -0.1) is 0 Å². The molecule has 0 saturated heterocycles. The number of hydrogen-bond donors (Lipinski definition) is 2. The molecule has 2 unspecified atom stereocenters. The van der Waals surface area contributed by atoms with Crippen LogP contribution in [0.2, 0.25) is 10.0 Å². The van der Waals surface area contributed by atoms with E-state index in [0.717, 1.165) is 24.9 Å². The van der Waals surface area contributed by atoms with Gasteiger partial charge in [-0.25, -0.2) is 0 Å². The highest BCUT2D eigenvalue weighted by atomic mass is 35.5. The Morgan fingerprint density at radius 3 is 2.78 bits per heavy atom. The minimum atomic E-state index is -0.705. The second kappa shape index (κ2) is 5.81. The molecule has 3 nitrogen and oxygen atoms in total. The van der Waals surface area contributed by atoms with E-state index in [1.54, 1.807) is 12.1 Å². The van der Waals surface area contributed by atoms with Crippen molar-refractivity contribution in [2.75, 3.05) is 5.32 Å². The molecular weight excluding hydrogens is 273 g/mol. The van der Waals surface area contributed by atoms with Gasteiger partial charge in [0.05, 0.1) is 16.6 Å². The van der Waals surface area contributed by atoms with Crippen LogP contribution in [0.1, 0.15) is 25.7 Å². The summed E-state index contributed by atoms with van der Waals surface area (Å²) in [7, 11) is 0. The van der Waals surface area contributed by atoms with Crippen molar-refractivity contribution in [3.8, 4) is 0 Å². The summed E-state index contributed by atoms with van der Waals surface area (Å²) >= 11 is 11.9. The average Bonchev–Trinajstić information content (AvgIpc) is 2.33. The van der Waals surface area contributed by atoms with E-state index >= 15 is 0 Å². The molecule has 0 aromatic heterocycles. The van der Waals surface area contributed by atoms with Gasteiger partial charge in [0.1, 0.15) is 0 Å². The van der Waals surface area contributed by atoms with Crippen LogP contribution >= 0.6 is 23.2 Å². The third kappa shape index (κ3) is 3.30. The number of nitrogens with one attached hydrogen (secondary N) is 1. The third-order valence-electron chi connectivity index (χ3n) is 3.31. The van der Waals surface area contributed by atoms with E-state index in [9.17, 15) is 4.79 Å². The van der Waals surface area contributed by atoms with E-state index in [1.165, 1.54) is 0 Å². The third-order valence-corrected chi connectivity index (χ3v) is 3.86. The molecule has 1 fully saturated rings. The largest absolute Gasteiger partial charge is 0.481 e. The van der Waals surface area contributed by atoms with Gasteiger partial charge in [-0.2, -0.15) is 0 Å². The molecule has 2 N–H and O–H groups in total. The maximum Gasteiger partial charge on any atom is 0.306 e. The zero-order valence-corrected chi connectivity index (χ0v) is 11.3. The molecule has 18 heavy (non-hydrogen) atoms. The number of halogens is 2. The van der Waals surface area contributed by atoms with E-state index < -0.39 is 5.97 Å². The molecule has 0 radical (unpaired) electrons. The van der Waals surface area contributed by atoms with E-state index in [-0.39, 0.29) is 12.0 Å². The summed E-state index contributed by atoms with van der Waals surface area (Å²) in [6.07, 6.45) is 3.32. The summed E-state index contributed by atoms with van der Waals surface area (Å²) < 4.78 is 0. The number of rotatable bonds is 3. The predicted molar refractivity (Wildman–Crippen MR) is 73.5 cm³/mol. The Labute approximate surface area is 116 Å².